The Hall–Kier alpha value is -1.46. The van der Waals surface area contributed by atoms with E-state index in [2.05, 4.69) is 55.4 Å². The highest BCUT2D eigenvalue weighted by atomic mass is 16.6. The molecular weight excluding hydrogens is 276 g/mol. The number of carbonyl (C=O) groups is 2. The topological polar surface area (TPSA) is 115 Å². The molecule has 0 amide bonds. The number of carboxylic acid groups (broad SMARTS) is 4. The van der Waals surface area contributed by atoms with E-state index in [1.54, 1.807) is 0 Å². The quantitative estimate of drug-likeness (QED) is 0.439. The van der Waals surface area contributed by atoms with Gasteiger partial charge in [0, 0.05) is 0 Å². The van der Waals surface area contributed by atoms with Crippen molar-refractivity contribution in [3.8, 4) is 0 Å². The van der Waals surface area contributed by atoms with Crippen LogP contribution in [0.1, 0.15) is 87.5 Å². The summed E-state index contributed by atoms with van der Waals surface area (Å²) in [6.07, 6.45) is 2.72. The summed E-state index contributed by atoms with van der Waals surface area (Å²) in [4.78, 5) is 17.1. The highest BCUT2D eigenvalue weighted by molar-refractivity contribution is 5.53. The average Bonchev–Trinajstić information content (AvgIpc) is 2.30. The second-order valence-electron chi connectivity index (χ2n) is 3.69. The Morgan fingerprint density at radius 1 is 0.524 bits per heavy atom. The van der Waals surface area contributed by atoms with E-state index in [4.69, 9.17) is 30.0 Å². The Balaban J connectivity index is -0.0000000324. The Kier molecular flexibility index (Phi) is 109. The van der Waals surface area contributed by atoms with Gasteiger partial charge in [-0.1, -0.05) is 87.5 Å². The Morgan fingerprint density at radius 3 is 0.571 bits per heavy atom. The lowest BCUT2D eigenvalue weighted by Crippen LogP contribution is -1.81. The van der Waals surface area contributed by atoms with Crippen LogP contribution in [0.15, 0.2) is 0 Å². The van der Waals surface area contributed by atoms with Gasteiger partial charge in [0.05, 0.1) is 0 Å². The first-order valence-corrected chi connectivity index (χ1v) is 7.46. The van der Waals surface area contributed by atoms with Crippen LogP contribution in [0.2, 0.25) is 0 Å². The van der Waals surface area contributed by atoms with E-state index in [-0.39, 0.29) is 0 Å². The van der Waals surface area contributed by atoms with Gasteiger partial charge in [-0.3, -0.25) is 0 Å². The molecule has 0 aromatic rings. The molecule has 0 aromatic heterocycles. The van der Waals surface area contributed by atoms with Crippen LogP contribution in [0.5, 0.6) is 0 Å². The van der Waals surface area contributed by atoms with Crippen molar-refractivity contribution < 1.29 is 30.0 Å². The molecule has 134 valence electrons. The van der Waals surface area contributed by atoms with Crippen LogP contribution in [-0.4, -0.2) is 32.7 Å². The van der Waals surface area contributed by atoms with Crippen molar-refractivity contribution in [1.29, 1.82) is 0 Å². The van der Waals surface area contributed by atoms with Crippen molar-refractivity contribution in [3.05, 3.63) is 0 Å². The third-order valence-corrected chi connectivity index (χ3v) is 0.500. The van der Waals surface area contributed by atoms with Crippen molar-refractivity contribution in [1.82, 2.24) is 0 Å². The van der Waals surface area contributed by atoms with Gasteiger partial charge >= 0.3 is 12.3 Å². The molecule has 0 aromatic carbocycles. The smallest absolute Gasteiger partial charge is 0.450 e. The van der Waals surface area contributed by atoms with Crippen molar-refractivity contribution in [2.75, 3.05) is 0 Å². The summed E-state index contributed by atoms with van der Waals surface area (Å²) in [6.45, 7) is 17.1. The first-order chi connectivity index (χ1) is 9.62. The summed E-state index contributed by atoms with van der Waals surface area (Å²) >= 11 is 0. The van der Waals surface area contributed by atoms with Crippen LogP contribution >= 0.6 is 0 Å². The molecule has 0 unspecified atom stereocenters. The van der Waals surface area contributed by atoms with Gasteiger partial charge in [0.15, 0.2) is 0 Å². The molecule has 0 aliphatic heterocycles. The number of hydrogen-bond acceptors (Lipinski definition) is 2. The molecule has 0 spiro atoms. The molecule has 0 radical (unpaired) electrons. The van der Waals surface area contributed by atoms with Crippen molar-refractivity contribution in [2.24, 2.45) is 0 Å². The predicted molar refractivity (Wildman–Crippen MR) is 89.8 cm³/mol. The maximum Gasteiger partial charge on any atom is 0.503 e. The molecule has 6 nitrogen and oxygen atoms in total. The molecule has 0 fully saturated rings. The van der Waals surface area contributed by atoms with E-state index in [0.717, 1.165) is 0 Å². The summed E-state index contributed by atoms with van der Waals surface area (Å²) in [6, 6.07) is 0. The van der Waals surface area contributed by atoms with E-state index in [0.29, 0.717) is 0 Å². The zero-order valence-corrected chi connectivity index (χ0v) is 15.1. The molecule has 0 saturated heterocycles. The summed E-state index contributed by atoms with van der Waals surface area (Å²) in [7, 11) is 0. The van der Waals surface area contributed by atoms with Crippen molar-refractivity contribution in [3.63, 3.8) is 0 Å². The first-order valence-electron chi connectivity index (χ1n) is 7.46. The van der Waals surface area contributed by atoms with E-state index in [1.807, 2.05) is 0 Å². The molecule has 0 aliphatic rings. The summed E-state index contributed by atoms with van der Waals surface area (Å²) in [5, 5.41) is 27.9. The minimum Gasteiger partial charge on any atom is -0.450 e. The van der Waals surface area contributed by atoms with Gasteiger partial charge < -0.3 is 20.4 Å². The van der Waals surface area contributed by atoms with Crippen LogP contribution in [0.4, 0.5) is 9.59 Å². The second-order valence-corrected chi connectivity index (χ2v) is 3.69. The van der Waals surface area contributed by atoms with Gasteiger partial charge in [-0.15, -0.1) is 0 Å². The molecular formula is C15H38O6. The fourth-order valence-electron chi connectivity index (χ4n) is 0. The normalized spacial score (nSPS) is 6.29. The SMILES string of the molecule is CCC.CCC.CCC.CCCC.O=C(O)O.O=C(O)O. The summed E-state index contributed by atoms with van der Waals surface area (Å²) < 4.78 is 0. The molecule has 4 N–H and O–H groups in total. The third-order valence-electron chi connectivity index (χ3n) is 0.500. The minimum absolute atomic E-state index is 1.25. The maximum absolute atomic E-state index is 8.56. The van der Waals surface area contributed by atoms with Crippen LogP contribution in [-0.2, 0) is 0 Å². The number of rotatable bonds is 1. The molecule has 6 heteroatoms. The standard InChI is InChI=1S/C4H10.3C3H8.2CH2O3/c1-3-4-2;3*1-3-2;2*2-1(3)4/h3-4H2,1-2H3;3*3H2,1-2H3;2*(H2,2,3,4). The highest BCUT2D eigenvalue weighted by Gasteiger charge is 1.70. The lowest BCUT2D eigenvalue weighted by atomic mass is 10.4. The fourth-order valence-corrected chi connectivity index (χ4v) is 0. The van der Waals surface area contributed by atoms with Gasteiger partial charge in [-0.05, 0) is 0 Å². The van der Waals surface area contributed by atoms with Gasteiger partial charge in [-0.25, -0.2) is 9.59 Å². The molecule has 0 heterocycles. The van der Waals surface area contributed by atoms with Gasteiger partial charge in [0.2, 0.25) is 0 Å². The Labute approximate surface area is 130 Å². The monoisotopic (exact) mass is 314 g/mol. The van der Waals surface area contributed by atoms with Crippen LogP contribution < -0.4 is 0 Å². The van der Waals surface area contributed by atoms with E-state index in [9.17, 15) is 0 Å². The summed E-state index contributed by atoms with van der Waals surface area (Å²) in [5.41, 5.74) is 0. The zero-order valence-electron chi connectivity index (χ0n) is 15.1. The molecule has 0 rings (SSSR count). The average molecular weight is 314 g/mol. The number of unbranched alkanes of at least 4 members (excludes halogenated alkanes) is 1. The Bertz CT molecular complexity index is 122. The maximum atomic E-state index is 8.56. The molecule has 0 bridgehead atoms. The van der Waals surface area contributed by atoms with Gasteiger partial charge in [0.1, 0.15) is 0 Å². The van der Waals surface area contributed by atoms with Crippen molar-refractivity contribution >= 4 is 12.3 Å². The number of hydrogen-bond donors (Lipinski definition) is 4. The van der Waals surface area contributed by atoms with Crippen LogP contribution in [0.3, 0.4) is 0 Å². The molecule has 0 aliphatic carbocycles. The largest absolute Gasteiger partial charge is 0.503 e. The van der Waals surface area contributed by atoms with E-state index in [1.165, 1.54) is 32.1 Å². The first kappa shape index (κ1) is 36.6. The van der Waals surface area contributed by atoms with Gasteiger partial charge in [0.25, 0.3) is 0 Å². The highest BCUT2D eigenvalue weighted by Crippen LogP contribution is 1.76. The van der Waals surface area contributed by atoms with Crippen LogP contribution in [0, 0.1) is 0 Å². The third kappa shape index (κ3) is 24000. The van der Waals surface area contributed by atoms with E-state index < -0.39 is 12.3 Å². The zero-order chi connectivity index (χ0) is 18.7. The lowest BCUT2D eigenvalue weighted by molar-refractivity contribution is 0.135. The van der Waals surface area contributed by atoms with Crippen LogP contribution in [0.25, 0.3) is 0 Å². The lowest BCUT2D eigenvalue weighted by Gasteiger charge is -1.68. The minimum atomic E-state index is -1.83. The van der Waals surface area contributed by atoms with E-state index >= 15 is 0 Å². The summed E-state index contributed by atoms with van der Waals surface area (Å²) in [5.74, 6) is 0. The van der Waals surface area contributed by atoms with Crippen molar-refractivity contribution in [2.45, 2.75) is 87.5 Å². The Morgan fingerprint density at radius 2 is 0.571 bits per heavy atom. The fraction of sp³-hybridized carbons (Fsp3) is 0.867. The molecule has 21 heavy (non-hydrogen) atoms. The predicted octanol–water partition coefficient (Wildman–Crippen LogP) is 6.50. The van der Waals surface area contributed by atoms with Gasteiger partial charge in [-0.2, -0.15) is 0 Å². The second kappa shape index (κ2) is 62.7. The molecule has 0 atom stereocenters. The molecule has 0 saturated carbocycles.